The van der Waals surface area contributed by atoms with Gasteiger partial charge in [-0.1, -0.05) is 30.3 Å². The van der Waals surface area contributed by atoms with Crippen LogP contribution in [-0.4, -0.2) is 38.3 Å². The van der Waals surface area contributed by atoms with Gasteiger partial charge >= 0.3 is 0 Å². The monoisotopic (exact) mass is 398 g/mol. The lowest BCUT2D eigenvalue weighted by molar-refractivity contribution is -0.116. The molecule has 0 aliphatic carbocycles. The number of amides is 1. The molecule has 0 saturated carbocycles. The molecule has 1 amide bonds. The number of anilines is 1. The maximum Gasteiger partial charge on any atom is 0.243 e. The van der Waals surface area contributed by atoms with Crippen LogP contribution < -0.4 is 4.90 Å². The van der Waals surface area contributed by atoms with Crippen LogP contribution in [0.5, 0.6) is 0 Å². The number of rotatable bonds is 3. The molecule has 5 nitrogen and oxygen atoms in total. The highest BCUT2D eigenvalue weighted by Crippen LogP contribution is 2.33. The van der Waals surface area contributed by atoms with Crippen molar-refractivity contribution in [1.29, 1.82) is 0 Å². The molecule has 0 N–H and O–H groups in total. The van der Waals surface area contributed by atoms with Gasteiger partial charge in [0.1, 0.15) is 0 Å². The van der Waals surface area contributed by atoms with Crippen molar-refractivity contribution in [2.45, 2.75) is 43.4 Å². The van der Waals surface area contributed by atoms with Crippen molar-refractivity contribution >= 4 is 21.6 Å². The van der Waals surface area contributed by atoms with Crippen LogP contribution in [0.3, 0.4) is 0 Å². The summed E-state index contributed by atoms with van der Waals surface area (Å²) in [6.07, 6.45) is 3.34. The summed E-state index contributed by atoms with van der Waals surface area (Å²) in [5.41, 5.74) is 3.08. The molecule has 0 atom stereocenters. The van der Waals surface area contributed by atoms with Crippen LogP contribution in [0.15, 0.2) is 53.4 Å². The van der Waals surface area contributed by atoms with E-state index in [1.165, 1.54) is 5.56 Å². The van der Waals surface area contributed by atoms with Gasteiger partial charge in [0.25, 0.3) is 0 Å². The fourth-order valence-electron chi connectivity index (χ4n) is 4.36. The number of hydrogen-bond acceptors (Lipinski definition) is 3. The number of piperidine rings is 1. The summed E-state index contributed by atoms with van der Waals surface area (Å²) in [6.45, 7) is 3.33. The molecule has 2 aliphatic heterocycles. The van der Waals surface area contributed by atoms with E-state index in [0.717, 1.165) is 36.9 Å². The second kappa shape index (κ2) is 7.68. The van der Waals surface area contributed by atoms with Gasteiger partial charge < -0.3 is 4.90 Å². The molecule has 148 valence electrons. The average Bonchev–Trinajstić information content (AvgIpc) is 2.73. The first-order valence-corrected chi connectivity index (χ1v) is 11.4. The standard InChI is InChI=1S/C22H26N2O3S/c1-17(25)24-13-5-8-20-16-21(9-10-22(20)24)28(26,27)23-14-11-19(12-15-23)18-6-3-2-4-7-18/h2-4,6-7,9-10,16,19H,5,8,11-15H2,1H3. The molecule has 28 heavy (non-hydrogen) atoms. The molecule has 2 aromatic rings. The van der Waals surface area contributed by atoms with Crippen molar-refractivity contribution in [3.63, 3.8) is 0 Å². The van der Waals surface area contributed by atoms with Crippen LogP contribution >= 0.6 is 0 Å². The molecule has 0 radical (unpaired) electrons. The Labute approximate surface area is 167 Å². The van der Waals surface area contributed by atoms with E-state index in [4.69, 9.17) is 0 Å². The molecular formula is C22H26N2O3S. The average molecular weight is 399 g/mol. The van der Waals surface area contributed by atoms with Gasteiger partial charge in [-0.05, 0) is 60.9 Å². The summed E-state index contributed by atoms with van der Waals surface area (Å²) >= 11 is 0. The Morgan fingerprint density at radius 1 is 1.00 bits per heavy atom. The Morgan fingerprint density at radius 3 is 2.39 bits per heavy atom. The van der Waals surface area contributed by atoms with Gasteiger partial charge in [0.15, 0.2) is 0 Å². The van der Waals surface area contributed by atoms with E-state index >= 15 is 0 Å². The van der Waals surface area contributed by atoms with Gasteiger partial charge in [-0.15, -0.1) is 0 Å². The zero-order chi connectivity index (χ0) is 19.7. The van der Waals surface area contributed by atoms with Crippen molar-refractivity contribution in [3.05, 3.63) is 59.7 Å². The molecule has 2 heterocycles. The largest absolute Gasteiger partial charge is 0.312 e. The number of aryl methyl sites for hydroxylation is 1. The van der Waals surface area contributed by atoms with Crippen LogP contribution in [0.4, 0.5) is 5.69 Å². The third-order valence-corrected chi connectivity index (χ3v) is 7.81. The minimum Gasteiger partial charge on any atom is -0.312 e. The molecule has 0 aromatic heterocycles. The minimum absolute atomic E-state index is 0.000425. The molecule has 1 fully saturated rings. The van der Waals surface area contributed by atoms with Crippen molar-refractivity contribution in [2.24, 2.45) is 0 Å². The summed E-state index contributed by atoms with van der Waals surface area (Å²) in [5.74, 6) is 0.417. The Balaban J connectivity index is 1.52. The van der Waals surface area contributed by atoms with E-state index in [0.29, 0.717) is 30.4 Å². The van der Waals surface area contributed by atoms with Crippen molar-refractivity contribution < 1.29 is 13.2 Å². The van der Waals surface area contributed by atoms with E-state index in [1.807, 2.05) is 18.2 Å². The summed E-state index contributed by atoms with van der Waals surface area (Å²) < 4.78 is 28.0. The Bertz CT molecular complexity index is 965. The van der Waals surface area contributed by atoms with E-state index in [-0.39, 0.29) is 5.91 Å². The fourth-order valence-corrected chi connectivity index (χ4v) is 5.89. The Hall–Kier alpha value is -2.18. The predicted octanol–water partition coefficient (Wildman–Crippen LogP) is 3.55. The SMILES string of the molecule is CC(=O)N1CCCc2cc(S(=O)(=O)N3CCC(c4ccccc4)CC3)ccc21. The number of nitrogens with zero attached hydrogens (tertiary/aromatic N) is 2. The molecule has 0 bridgehead atoms. The van der Waals surface area contributed by atoms with Crippen molar-refractivity contribution in [1.82, 2.24) is 4.31 Å². The number of sulfonamides is 1. The lowest BCUT2D eigenvalue weighted by Gasteiger charge is -2.32. The van der Waals surface area contributed by atoms with E-state index in [9.17, 15) is 13.2 Å². The molecule has 4 rings (SSSR count). The Morgan fingerprint density at radius 2 is 1.71 bits per heavy atom. The van der Waals surface area contributed by atoms with Gasteiger partial charge in [-0.3, -0.25) is 4.79 Å². The number of fused-ring (bicyclic) bond motifs is 1. The maximum atomic E-state index is 13.2. The lowest BCUT2D eigenvalue weighted by atomic mass is 9.90. The number of benzene rings is 2. The van der Waals surface area contributed by atoms with E-state index < -0.39 is 10.0 Å². The van der Waals surface area contributed by atoms with Crippen LogP contribution in [0.2, 0.25) is 0 Å². The molecule has 2 aliphatic rings. The third-order valence-electron chi connectivity index (χ3n) is 5.91. The fraction of sp³-hybridized carbons (Fsp3) is 0.409. The normalized spacial score (nSPS) is 18.7. The van der Waals surface area contributed by atoms with Gasteiger partial charge in [0.2, 0.25) is 15.9 Å². The predicted molar refractivity (Wildman–Crippen MR) is 110 cm³/mol. The highest BCUT2D eigenvalue weighted by atomic mass is 32.2. The smallest absolute Gasteiger partial charge is 0.243 e. The maximum absolute atomic E-state index is 13.2. The zero-order valence-corrected chi connectivity index (χ0v) is 17.0. The summed E-state index contributed by atoms with van der Waals surface area (Å²) in [5, 5.41) is 0. The first-order valence-electron chi connectivity index (χ1n) is 9.93. The third kappa shape index (κ3) is 3.59. The quantitative estimate of drug-likeness (QED) is 0.794. The van der Waals surface area contributed by atoms with Crippen LogP contribution in [-0.2, 0) is 21.2 Å². The second-order valence-electron chi connectivity index (χ2n) is 7.65. The topological polar surface area (TPSA) is 57.7 Å². The highest BCUT2D eigenvalue weighted by molar-refractivity contribution is 7.89. The first kappa shape index (κ1) is 19.2. The zero-order valence-electron chi connectivity index (χ0n) is 16.2. The molecule has 1 saturated heterocycles. The molecule has 2 aromatic carbocycles. The van der Waals surface area contributed by atoms with Crippen LogP contribution in [0.25, 0.3) is 0 Å². The van der Waals surface area contributed by atoms with Crippen molar-refractivity contribution in [2.75, 3.05) is 24.5 Å². The highest BCUT2D eigenvalue weighted by Gasteiger charge is 2.31. The van der Waals surface area contributed by atoms with E-state index in [1.54, 1.807) is 34.3 Å². The van der Waals surface area contributed by atoms with Gasteiger partial charge in [-0.25, -0.2) is 8.42 Å². The Kier molecular flexibility index (Phi) is 5.25. The first-order chi connectivity index (χ1) is 13.5. The van der Waals surface area contributed by atoms with Gasteiger partial charge in [-0.2, -0.15) is 4.31 Å². The molecule has 6 heteroatoms. The number of carbonyl (C=O) groups excluding carboxylic acids is 1. The number of carbonyl (C=O) groups is 1. The summed E-state index contributed by atoms with van der Waals surface area (Å²) in [6, 6.07) is 15.5. The van der Waals surface area contributed by atoms with Gasteiger partial charge in [0.05, 0.1) is 4.90 Å². The van der Waals surface area contributed by atoms with Crippen LogP contribution in [0, 0.1) is 0 Å². The van der Waals surface area contributed by atoms with Gasteiger partial charge in [0, 0.05) is 32.2 Å². The van der Waals surface area contributed by atoms with E-state index in [2.05, 4.69) is 12.1 Å². The molecule has 0 spiro atoms. The lowest BCUT2D eigenvalue weighted by Crippen LogP contribution is -2.38. The minimum atomic E-state index is -3.51. The van der Waals surface area contributed by atoms with Crippen LogP contribution in [0.1, 0.15) is 43.2 Å². The number of hydrogen-bond donors (Lipinski definition) is 0. The summed E-state index contributed by atoms with van der Waals surface area (Å²) in [4.78, 5) is 13.9. The molecule has 0 unspecified atom stereocenters. The second-order valence-corrected chi connectivity index (χ2v) is 9.59. The summed E-state index contributed by atoms with van der Waals surface area (Å²) in [7, 11) is -3.51. The molecular weight excluding hydrogens is 372 g/mol. The van der Waals surface area contributed by atoms with Crippen molar-refractivity contribution in [3.8, 4) is 0 Å².